The van der Waals surface area contributed by atoms with E-state index in [0.29, 0.717) is 11.3 Å². The number of nitrogens with zero attached hydrogens (tertiary/aromatic N) is 2. The van der Waals surface area contributed by atoms with Crippen molar-refractivity contribution >= 4 is 9.84 Å². The summed E-state index contributed by atoms with van der Waals surface area (Å²) in [4.78, 5) is 4.17. The van der Waals surface area contributed by atoms with E-state index in [-0.39, 0.29) is 10.3 Å². The van der Waals surface area contributed by atoms with Gasteiger partial charge in [0, 0.05) is 17.9 Å². The van der Waals surface area contributed by atoms with E-state index < -0.39 is 9.84 Å². The van der Waals surface area contributed by atoms with E-state index in [1.165, 1.54) is 12.3 Å². The quantitative estimate of drug-likeness (QED) is 0.746. The van der Waals surface area contributed by atoms with Crippen LogP contribution in [0.25, 0.3) is 0 Å². The minimum absolute atomic E-state index is 0.0806. The number of rotatable bonds is 1. The van der Waals surface area contributed by atoms with E-state index in [4.69, 9.17) is 5.26 Å². The summed E-state index contributed by atoms with van der Waals surface area (Å²) >= 11 is 0. The largest absolute Gasteiger partial charge is 0.258 e. The summed E-state index contributed by atoms with van der Waals surface area (Å²) in [6.07, 6.45) is 2.40. The SMILES string of the molecule is CC(C)(C)c1ncc(S(C)(=O)=O)cc1C#N. The summed E-state index contributed by atoms with van der Waals surface area (Å²) in [5.74, 6) is 0. The average molecular weight is 238 g/mol. The van der Waals surface area contributed by atoms with Crippen LogP contribution in [0.15, 0.2) is 17.2 Å². The van der Waals surface area contributed by atoms with Crippen molar-refractivity contribution in [2.24, 2.45) is 0 Å². The maximum atomic E-state index is 11.3. The van der Waals surface area contributed by atoms with Crippen molar-refractivity contribution in [1.82, 2.24) is 4.98 Å². The van der Waals surface area contributed by atoms with Gasteiger partial charge in [0.05, 0.1) is 16.2 Å². The number of hydrogen-bond acceptors (Lipinski definition) is 4. The molecule has 1 heterocycles. The van der Waals surface area contributed by atoms with Gasteiger partial charge in [0.25, 0.3) is 0 Å². The monoisotopic (exact) mass is 238 g/mol. The molecule has 0 aliphatic rings. The van der Waals surface area contributed by atoms with Gasteiger partial charge in [-0.25, -0.2) is 8.42 Å². The first kappa shape index (κ1) is 12.7. The van der Waals surface area contributed by atoms with Crippen molar-refractivity contribution in [3.8, 4) is 6.07 Å². The van der Waals surface area contributed by atoms with Gasteiger partial charge in [-0.05, 0) is 6.07 Å². The Morgan fingerprint density at radius 1 is 1.38 bits per heavy atom. The van der Waals surface area contributed by atoms with Crippen LogP contribution in [0.5, 0.6) is 0 Å². The summed E-state index contributed by atoms with van der Waals surface area (Å²) in [5, 5.41) is 8.99. The van der Waals surface area contributed by atoms with E-state index >= 15 is 0 Å². The molecule has 0 N–H and O–H groups in total. The van der Waals surface area contributed by atoms with E-state index in [0.717, 1.165) is 6.26 Å². The molecule has 0 saturated carbocycles. The van der Waals surface area contributed by atoms with Gasteiger partial charge in [-0.2, -0.15) is 5.26 Å². The van der Waals surface area contributed by atoms with Crippen molar-refractivity contribution in [1.29, 1.82) is 5.26 Å². The third-order valence-electron chi connectivity index (χ3n) is 2.12. The van der Waals surface area contributed by atoms with Gasteiger partial charge in [0.1, 0.15) is 6.07 Å². The van der Waals surface area contributed by atoms with Crippen molar-refractivity contribution in [3.05, 3.63) is 23.5 Å². The van der Waals surface area contributed by atoms with E-state index in [2.05, 4.69) is 4.98 Å². The minimum Gasteiger partial charge on any atom is -0.258 e. The smallest absolute Gasteiger partial charge is 0.177 e. The van der Waals surface area contributed by atoms with Crippen molar-refractivity contribution in [2.75, 3.05) is 6.26 Å². The van der Waals surface area contributed by atoms with Gasteiger partial charge in [0.2, 0.25) is 0 Å². The predicted octanol–water partition coefficient (Wildman–Crippen LogP) is 1.65. The molecule has 0 aliphatic heterocycles. The zero-order valence-electron chi connectivity index (χ0n) is 9.77. The highest BCUT2D eigenvalue weighted by Crippen LogP contribution is 2.24. The van der Waals surface area contributed by atoms with Crippen LogP contribution in [0.2, 0.25) is 0 Å². The molecule has 1 aromatic rings. The van der Waals surface area contributed by atoms with E-state index in [1.54, 1.807) is 0 Å². The van der Waals surface area contributed by atoms with Crippen molar-refractivity contribution < 1.29 is 8.42 Å². The zero-order chi connectivity index (χ0) is 12.6. The van der Waals surface area contributed by atoms with E-state index in [9.17, 15) is 8.42 Å². The lowest BCUT2D eigenvalue weighted by Gasteiger charge is -2.19. The molecule has 0 unspecified atom stereocenters. The Morgan fingerprint density at radius 3 is 2.31 bits per heavy atom. The van der Waals surface area contributed by atoms with Gasteiger partial charge in [0.15, 0.2) is 9.84 Å². The summed E-state index contributed by atoms with van der Waals surface area (Å²) in [7, 11) is -3.31. The summed E-state index contributed by atoms with van der Waals surface area (Å²) < 4.78 is 22.6. The van der Waals surface area contributed by atoms with E-state index in [1.807, 2.05) is 26.8 Å². The van der Waals surface area contributed by atoms with Gasteiger partial charge in [-0.3, -0.25) is 4.98 Å². The third-order valence-corrected chi connectivity index (χ3v) is 3.20. The van der Waals surface area contributed by atoms with Crippen molar-refractivity contribution in [2.45, 2.75) is 31.1 Å². The maximum absolute atomic E-state index is 11.3. The molecule has 0 aliphatic carbocycles. The second kappa shape index (κ2) is 3.87. The second-order valence-corrected chi connectivity index (χ2v) is 6.72. The van der Waals surface area contributed by atoms with Crippen molar-refractivity contribution in [3.63, 3.8) is 0 Å². The van der Waals surface area contributed by atoms with Gasteiger partial charge >= 0.3 is 0 Å². The number of hydrogen-bond donors (Lipinski definition) is 0. The molecule has 1 aromatic heterocycles. The Balaban J connectivity index is 3.48. The Hall–Kier alpha value is -1.41. The highest BCUT2D eigenvalue weighted by atomic mass is 32.2. The van der Waals surface area contributed by atoms with Gasteiger partial charge in [-0.15, -0.1) is 0 Å². The number of pyridine rings is 1. The van der Waals surface area contributed by atoms with Crippen LogP contribution in [-0.4, -0.2) is 19.7 Å². The average Bonchev–Trinajstić information content (AvgIpc) is 2.14. The fourth-order valence-electron chi connectivity index (χ4n) is 1.33. The van der Waals surface area contributed by atoms with Gasteiger partial charge < -0.3 is 0 Å². The fraction of sp³-hybridized carbons (Fsp3) is 0.455. The topological polar surface area (TPSA) is 70.8 Å². The number of sulfone groups is 1. The highest BCUT2D eigenvalue weighted by molar-refractivity contribution is 7.90. The molecule has 0 spiro atoms. The molecular formula is C11H14N2O2S. The molecule has 0 radical (unpaired) electrons. The van der Waals surface area contributed by atoms with Crippen LogP contribution < -0.4 is 0 Å². The van der Waals surface area contributed by atoms with Crippen LogP contribution in [-0.2, 0) is 15.3 Å². The Bertz CT molecular complexity index is 548. The molecular weight excluding hydrogens is 224 g/mol. The molecule has 1 rings (SSSR count). The fourth-order valence-corrected chi connectivity index (χ4v) is 1.91. The van der Waals surface area contributed by atoms with Crippen LogP contribution in [0.1, 0.15) is 32.0 Å². The number of nitriles is 1. The lowest BCUT2D eigenvalue weighted by molar-refractivity contribution is 0.564. The van der Waals surface area contributed by atoms with Crippen LogP contribution >= 0.6 is 0 Å². The normalized spacial score (nSPS) is 12.2. The molecule has 0 aromatic carbocycles. The molecule has 0 fully saturated rings. The maximum Gasteiger partial charge on any atom is 0.177 e. The Kier molecular flexibility index (Phi) is 3.06. The molecule has 86 valence electrons. The standard InChI is InChI=1S/C11H14N2O2S/c1-11(2,3)10-8(6-12)5-9(7-13-10)16(4,14)15/h5,7H,1-4H3. The zero-order valence-corrected chi connectivity index (χ0v) is 10.6. The molecule has 0 bridgehead atoms. The number of aromatic nitrogens is 1. The Labute approximate surface area is 95.9 Å². The molecule has 5 heteroatoms. The van der Waals surface area contributed by atoms with Crippen LogP contribution in [0.3, 0.4) is 0 Å². The first-order valence-electron chi connectivity index (χ1n) is 4.77. The first-order chi connectivity index (χ1) is 7.16. The van der Waals surface area contributed by atoms with Crippen LogP contribution in [0.4, 0.5) is 0 Å². The molecule has 4 nitrogen and oxygen atoms in total. The first-order valence-corrected chi connectivity index (χ1v) is 6.66. The lowest BCUT2D eigenvalue weighted by Crippen LogP contribution is -2.16. The van der Waals surface area contributed by atoms with Gasteiger partial charge in [-0.1, -0.05) is 20.8 Å². The highest BCUT2D eigenvalue weighted by Gasteiger charge is 2.21. The summed E-state index contributed by atoms with van der Waals surface area (Å²) in [6, 6.07) is 3.37. The summed E-state index contributed by atoms with van der Waals surface area (Å²) in [6.45, 7) is 5.78. The third kappa shape index (κ3) is 2.58. The molecule has 0 amide bonds. The molecule has 16 heavy (non-hydrogen) atoms. The predicted molar refractivity (Wildman–Crippen MR) is 60.8 cm³/mol. The minimum atomic E-state index is -3.31. The molecule has 0 saturated heterocycles. The van der Waals surface area contributed by atoms with Crippen LogP contribution in [0, 0.1) is 11.3 Å². The second-order valence-electron chi connectivity index (χ2n) is 4.70. The Morgan fingerprint density at radius 2 is 1.94 bits per heavy atom. The molecule has 0 atom stereocenters. The summed E-state index contributed by atoms with van der Waals surface area (Å²) in [5.41, 5.74) is 0.652. The lowest BCUT2D eigenvalue weighted by atomic mass is 9.89.